The van der Waals surface area contributed by atoms with Gasteiger partial charge in [0.1, 0.15) is 24.0 Å². The van der Waals surface area contributed by atoms with Crippen molar-refractivity contribution in [2.75, 3.05) is 13.2 Å². The molecule has 0 amide bonds. The molecule has 0 spiro atoms. The molecule has 1 heterocycles. The summed E-state index contributed by atoms with van der Waals surface area (Å²) in [6, 6.07) is 5.18. The van der Waals surface area contributed by atoms with Crippen molar-refractivity contribution in [1.82, 2.24) is 0 Å². The summed E-state index contributed by atoms with van der Waals surface area (Å²) in [5.41, 5.74) is 1.27. The van der Waals surface area contributed by atoms with Gasteiger partial charge in [0, 0.05) is 0 Å². The van der Waals surface area contributed by atoms with E-state index in [1.54, 1.807) is 12.1 Å². The molecule has 86 valence electrons. The van der Waals surface area contributed by atoms with Crippen LogP contribution >= 0.6 is 0 Å². The maximum Gasteiger partial charge on any atom is 0.339 e. The Hall–Kier alpha value is -1.55. The molecule has 1 aromatic rings. The van der Waals surface area contributed by atoms with Crippen molar-refractivity contribution < 1.29 is 19.4 Å². The van der Waals surface area contributed by atoms with Gasteiger partial charge in [-0.2, -0.15) is 0 Å². The first-order valence-electron chi connectivity index (χ1n) is 5.31. The van der Waals surface area contributed by atoms with Gasteiger partial charge < -0.3 is 14.6 Å². The predicted octanol–water partition coefficient (Wildman–Crippen LogP) is 1.72. The Morgan fingerprint density at radius 2 is 2.38 bits per heavy atom. The highest BCUT2D eigenvalue weighted by Gasteiger charge is 2.24. The monoisotopic (exact) mass is 222 g/mol. The highest BCUT2D eigenvalue weighted by atomic mass is 16.6. The Morgan fingerprint density at radius 3 is 2.94 bits per heavy atom. The van der Waals surface area contributed by atoms with E-state index in [2.05, 4.69) is 0 Å². The Morgan fingerprint density at radius 1 is 1.62 bits per heavy atom. The highest BCUT2D eigenvalue weighted by molar-refractivity contribution is 5.91. The summed E-state index contributed by atoms with van der Waals surface area (Å²) < 4.78 is 10.5. The minimum absolute atomic E-state index is 0.131. The average Bonchev–Trinajstić information content (AvgIpc) is 3.09. The zero-order valence-corrected chi connectivity index (χ0v) is 9.10. The van der Waals surface area contributed by atoms with E-state index < -0.39 is 5.97 Å². The van der Waals surface area contributed by atoms with Crippen LogP contribution in [0.4, 0.5) is 0 Å². The van der Waals surface area contributed by atoms with Gasteiger partial charge in [0.15, 0.2) is 0 Å². The molecule has 4 heteroatoms. The van der Waals surface area contributed by atoms with Crippen molar-refractivity contribution in [3.63, 3.8) is 0 Å². The van der Waals surface area contributed by atoms with Gasteiger partial charge in [-0.25, -0.2) is 4.79 Å². The van der Waals surface area contributed by atoms with Crippen molar-refractivity contribution >= 4 is 5.97 Å². The fourth-order valence-corrected chi connectivity index (χ4v) is 1.43. The molecule has 16 heavy (non-hydrogen) atoms. The first-order valence-corrected chi connectivity index (χ1v) is 5.31. The molecule has 0 unspecified atom stereocenters. The molecule has 1 aromatic carbocycles. The lowest BCUT2D eigenvalue weighted by atomic mass is 10.1. The number of hydrogen-bond donors (Lipinski definition) is 1. The summed E-state index contributed by atoms with van der Waals surface area (Å²) in [5.74, 6) is -0.531. The number of aromatic carboxylic acids is 1. The zero-order chi connectivity index (χ0) is 11.5. The third-order valence-corrected chi connectivity index (χ3v) is 2.51. The Labute approximate surface area is 93.8 Å². The van der Waals surface area contributed by atoms with Crippen molar-refractivity contribution in [1.29, 1.82) is 0 Å². The molecule has 0 radical (unpaired) electrons. The van der Waals surface area contributed by atoms with Gasteiger partial charge in [0.05, 0.1) is 6.61 Å². The summed E-state index contributed by atoms with van der Waals surface area (Å²) >= 11 is 0. The highest BCUT2D eigenvalue weighted by Crippen LogP contribution is 2.22. The van der Waals surface area contributed by atoms with Crippen LogP contribution in [0.3, 0.4) is 0 Å². The van der Waals surface area contributed by atoms with Gasteiger partial charge in [-0.1, -0.05) is 13.0 Å². The van der Waals surface area contributed by atoms with Crippen LogP contribution in [0.25, 0.3) is 0 Å². The lowest BCUT2D eigenvalue weighted by Gasteiger charge is -2.09. The number of carbonyl (C=O) groups is 1. The molecule has 1 aliphatic rings. The molecule has 1 atom stereocenters. The number of carboxylic acid groups (broad SMARTS) is 1. The van der Waals surface area contributed by atoms with E-state index in [0.717, 1.165) is 12.0 Å². The average molecular weight is 222 g/mol. The van der Waals surface area contributed by atoms with Crippen molar-refractivity contribution in [2.24, 2.45) is 0 Å². The number of hydrogen-bond acceptors (Lipinski definition) is 3. The second-order valence-electron chi connectivity index (χ2n) is 3.76. The van der Waals surface area contributed by atoms with Crippen LogP contribution < -0.4 is 4.74 Å². The Bertz CT molecular complexity index is 396. The molecular weight excluding hydrogens is 208 g/mol. The van der Waals surface area contributed by atoms with Gasteiger partial charge in [0.25, 0.3) is 0 Å². The fraction of sp³-hybridized carbons (Fsp3) is 0.417. The zero-order valence-electron chi connectivity index (χ0n) is 9.10. The molecular formula is C12H14O4. The van der Waals surface area contributed by atoms with Crippen LogP contribution in [-0.4, -0.2) is 30.4 Å². The number of epoxide rings is 1. The van der Waals surface area contributed by atoms with Gasteiger partial charge >= 0.3 is 5.97 Å². The molecule has 0 saturated carbocycles. The number of benzene rings is 1. The molecule has 0 aliphatic carbocycles. The van der Waals surface area contributed by atoms with Crippen LogP contribution in [0.2, 0.25) is 0 Å². The normalized spacial score (nSPS) is 18.2. The molecule has 2 rings (SSSR count). The van der Waals surface area contributed by atoms with Gasteiger partial charge in [-0.05, 0) is 24.1 Å². The maximum absolute atomic E-state index is 11.0. The first kappa shape index (κ1) is 11.0. The second kappa shape index (κ2) is 4.53. The third-order valence-electron chi connectivity index (χ3n) is 2.51. The minimum atomic E-state index is -0.964. The van der Waals surface area contributed by atoms with Gasteiger partial charge in [0.2, 0.25) is 0 Å². The van der Waals surface area contributed by atoms with Crippen LogP contribution in [0.15, 0.2) is 18.2 Å². The number of aryl methyl sites for hydroxylation is 1. The molecule has 0 bridgehead atoms. The SMILES string of the molecule is CCc1ccc(C(=O)O)c(OC[C@@H]2CO2)c1. The summed E-state index contributed by atoms with van der Waals surface area (Å²) in [6.07, 6.45) is 0.989. The van der Waals surface area contributed by atoms with Crippen molar-refractivity contribution in [2.45, 2.75) is 19.4 Å². The van der Waals surface area contributed by atoms with E-state index in [9.17, 15) is 4.79 Å². The summed E-state index contributed by atoms with van der Waals surface area (Å²) in [5, 5.41) is 9.00. The van der Waals surface area contributed by atoms with Crippen LogP contribution in [0.5, 0.6) is 5.75 Å². The molecule has 1 aliphatic heterocycles. The third kappa shape index (κ3) is 2.52. The van der Waals surface area contributed by atoms with E-state index >= 15 is 0 Å². The summed E-state index contributed by atoms with van der Waals surface area (Å²) in [4.78, 5) is 11.0. The Kier molecular flexibility index (Phi) is 3.10. The van der Waals surface area contributed by atoms with E-state index in [1.165, 1.54) is 0 Å². The standard InChI is InChI=1S/C12H14O4/c1-2-8-3-4-10(12(13)14)11(5-8)16-7-9-6-15-9/h3-5,9H,2,6-7H2,1H3,(H,13,14)/t9-/m0/s1. The van der Waals surface area contributed by atoms with E-state index in [-0.39, 0.29) is 11.7 Å². The topological polar surface area (TPSA) is 59.1 Å². The van der Waals surface area contributed by atoms with E-state index in [0.29, 0.717) is 19.0 Å². The lowest BCUT2D eigenvalue weighted by Crippen LogP contribution is -2.08. The number of carboxylic acids is 1. The maximum atomic E-state index is 11.0. The van der Waals surface area contributed by atoms with Crippen LogP contribution in [0.1, 0.15) is 22.8 Å². The fourth-order valence-electron chi connectivity index (χ4n) is 1.43. The van der Waals surface area contributed by atoms with Crippen LogP contribution in [0, 0.1) is 0 Å². The summed E-state index contributed by atoms with van der Waals surface area (Å²) in [6.45, 7) is 3.15. The van der Waals surface area contributed by atoms with Crippen molar-refractivity contribution in [3.8, 4) is 5.75 Å². The second-order valence-corrected chi connectivity index (χ2v) is 3.76. The largest absolute Gasteiger partial charge is 0.490 e. The molecule has 1 saturated heterocycles. The van der Waals surface area contributed by atoms with Crippen molar-refractivity contribution in [3.05, 3.63) is 29.3 Å². The molecule has 0 aromatic heterocycles. The summed E-state index contributed by atoms with van der Waals surface area (Å²) in [7, 11) is 0. The van der Waals surface area contributed by atoms with Gasteiger partial charge in [-0.3, -0.25) is 0 Å². The predicted molar refractivity (Wildman–Crippen MR) is 58.0 cm³/mol. The Balaban J connectivity index is 2.18. The van der Waals surface area contributed by atoms with E-state index in [1.807, 2.05) is 13.0 Å². The van der Waals surface area contributed by atoms with Crippen LogP contribution in [-0.2, 0) is 11.2 Å². The molecule has 1 fully saturated rings. The van der Waals surface area contributed by atoms with Gasteiger partial charge in [-0.15, -0.1) is 0 Å². The number of ether oxygens (including phenoxy) is 2. The first-order chi connectivity index (χ1) is 7.70. The quantitative estimate of drug-likeness (QED) is 0.771. The minimum Gasteiger partial charge on any atom is -0.490 e. The number of rotatable bonds is 5. The van der Waals surface area contributed by atoms with E-state index in [4.69, 9.17) is 14.6 Å². The molecule has 4 nitrogen and oxygen atoms in total. The smallest absolute Gasteiger partial charge is 0.339 e. The molecule has 1 N–H and O–H groups in total. The lowest BCUT2D eigenvalue weighted by molar-refractivity contribution is 0.0691.